The van der Waals surface area contributed by atoms with E-state index in [9.17, 15) is 14.7 Å². The zero-order valence-corrected chi connectivity index (χ0v) is 10.3. The first-order valence-corrected chi connectivity index (χ1v) is 6.23. The average molecular weight is 270 g/mol. The molecule has 2 unspecified atom stereocenters. The van der Waals surface area contributed by atoms with Gasteiger partial charge >= 0.3 is 11.9 Å². The number of carboxylic acids is 2. The lowest BCUT2D eigenvalue weighted by atomic mass is 9.90. The predicted molar refractivity (Wildman–Crippen MR) is 68.4 cm³/mol. The fraction of sp³-hybridized carbons (Fsp3) is 0.200. The van der Waals surface area contributed by atoms with Crippen molar-refractivity contribution < 1.29 is 24.5 Å². The van der Waals surface area contributed by atoms with Crippen LogP contribution in [-0.4, -0.2) is 33.9 Å². The maximum absolute atomic E-state index is 11.2. The molecule has 1 aliphatic heterocycles. The standard InChI is InChI=1S/C15H10O5/c16-13(17)8-2-1-7-5-11-9(10(7)6-8)3-4-15(14(18)19)12(11)20-15/h1-4,6,12H,5H2,(H,16,17)(H,18,19). The summed E-state index contributed by atoms with van der Waals surface area (Å²) in [7, 11) is 0. The number of fused-ring (bicyclic) bond motifs is 4. The number of benzene rings is 1. The number of epoxide rings is 1. The van der Waals surface area contributed by atoms with Gasteiger partial charge < -0.3 is 14.9 Å². The summed E-state index contributed by atoms with van der Waals surface area (Å²) in [6.45, 7) is 0. The van der Waals surface area contributed by atoms with Gasteiger partial charge in [-0.2, -0.15) is 0 Å². The van der Waals surface area contributed by atoms with E-state index >= 15 is 0 Å². The Balaban J connectivity index is 1.80. The van der Waals surface area contributed by atoms with Crippen LogP contribution in [0.25, 0.3) is 5.57 Å². The lowest BCUT2D eigenvalue weighted by Crippen LogP contribution is -2.27. The van der Waals surface area contributed by atoms with Crippen LogP contribution in [0.15, 0.2) is 35.9 Å². The van der Waals surface area contributed by atoms with Crippen LogP contribution in [0.2, 0.25) is 0 Å². The summed E-state index contributed by atoms with van der Waals surface area (Å²) in [4.78, 5) is 22.3. The quantitative estimate of drug-likeness (QED) is 0.795. The van der Waals surface area contributed by atoms with Gasteiger partial charge in [-0.15, -0.1) is 0 Å². The van der Waals surface area contributed by atoms with Crippen LogP contribution in [0.1, 0.15) is 21.5 Å². The highest BCUT2D eigenvalue weighted by atomic mass is 16.6. The molecule has 2 atom stereocenters. The fourth-order valence-electron chi connectivity index (χ4n) is 3.08. The molecule has 2 aliphatic carbocycles. The molecule has 3 aliphatic rings. The zero-order valence-electron chi connectivity index (χ0n) is 10.3. The maximum atomic E-state index is 11.2. The first kappa shape index (κ1) is 11.4. The maximum Gasteiger partial charge on any atom is 0.343 e. The van der Waals surface area contributed by atoms with Gasteiger partial charge in [0.2, 0.25) is 5.60 Å². The van der Waals surface area contributed by atoms with Crippen LogP contribution < -0.4 is 0 Å². The smallest absolute Gasteiger partial charge is 0.343 e. The van der Waals surface area contributed by atoms with Crippen molar-refractivity contribution in [1.82, 2.24) is 0 Å². The number of rotatable bonds is 2. The van der Waals surface area contributed by atoms with Gasteiger partial charge in [0, 0.05) is 0 Å². The third-order valence-corrected chi connectivity index (χ3v) is 4.17. The van der Waals surface area contributed by atoms with Gasteiger partial charge in [0.25, 0.3) is 0 Å². The second-order valence-electron chi connectivity index (χ2n) is 5.22. The Morgan fingerprint density at radius 2 is 2.10 bits per heavy atom. The molecule has 2 N–H and O–H groups in total. The van der Waals surface area contributed by atoms with E-state index < -0.39 is 23.6 Å². The van der Waals surface area contributed by atoms with E-state index in [1.165, 1.54) is 0 Å². The molecule has 20 heavy (non-hydrogen) atoms. The Labute approximate surface area is 113 Å². The zero-order chi connectivity index (χ0) is 14.1. The fourth-order valence-corrected chi connectivity index (χ4v) is 3.08. The van der Waals surface area contributed by atoms with Gasteiger partial charge in [0.05, 0.1) is 5.56 Å². The molecule has 4 rings (SSSR count). The van der Waals surface area contributed by atoms with Gasteiger partial charge in [-0.1, -0.05) is 12.1 Å². The summed E-state index contributed by atoms with van der Waals surface area (Å²) in [6, 6.07) is 5.00. The van der Waals surface area contributed by atoms with Gasteiger partial charge in [-0.25, -0.2) is 9.59 Å². The third kappa shape index (κ3) is 1.25. The average Bonchev–Trinajstić information content (AvgIpc) is 3.07. The molecule has 0 saturated carbocycles. The number of carbonyl (C=O) groups is 2. The van der Waals surface area contributed by atoms with Gasteiger partial charge in [0.15, 0.2) is 0 Å². The summed E-state index contributed by atoms with van der Waals surface area (Å²) in [6.07, 6.45) is 3.50. The van der Waals surface area contributed by atoms with Crippen LogP contribution >= 0.6 is 0 Å². The molecule has 1 aromatic carbocycles. The molecule has 0 bridgehead atoms. The summed E-state index contributed by atoms with van der Waals surface area (Å²) in [5.74, 6) is -1.95. The number of aliphatic carboxylic acids is 1. The highest BCUT2D eigenvalue weighted by molar-refractivity contribution is 5.96. The highest BCUT2D eigenvalue weighted by Gasteiger charge is 2.65. The van der Waals surface area contributed by atoms with E-state index in [1.807, 2.05) is 0 Å². The summed E-state index contributed by atoms with van der Waals surface area (Å²) in [5.41, 5.74) is 2.76. The van der Waals surface area contributed by atoms with Crippen molar-refractivity contribution >= 4 is 17.5 Å². The monoisotopic (exact) mass is 270 g/mol. The van der Waals surface area contributed by atoms with Crippen LogP contribution in [0, 0.1) is 0 Å². The van der Waals surface area contributed by atoms with Crippen molar-refractivity contribution in [1.29, 1.82) is 0 Å². The van der Waals surface area contributed by atoms with E-state index in [2.05, 4.69) is 0 Å². The molecule has 5 nitrogen and oxygen atoms in total. The molecule has 0 spiro atoms. The Kier molecular flexibility index (Phi) is 1.93. The van der Waals surface area contributed by atoms with E-state index in [0.717, 1.165) is 22.3 Å². The van der Waals surface area contributed by atoms with Crippen LogP contribution in [0.3, 0.4) is 0 Å². The normalized spacial score (nSPS) is 28.7. The Morgan fingerprint density at radius 1 is 1.30 bits per heavy atom. The number of allylic oxidation sites excluding steroid dienone is 2. The van der Waals surface area contributed by atoms with E-state index in [-0.39, 0.29) is 5.56 Å². The molecule has 1 saturated heterocycles. The molecular weight excluding hydrogens is 260 g/mol. The molecule has 0 aromatic heterocycles. The largest absolute Gasteiger partial charge is 0.479 e. The Morgan fingerprint density at radius 3 is 2.80 bits per heavy atom. The SMILES string of the molecule is O=C(O)c1ccc2c(c1)C1=C(C2)C2OC2(C(=O)O)C=C1. The molecule has 0 radical (unpaired) electrons. The Bertz CT molecular complexity index is 743. The summed E-state index contributed by atoms with van der Waals surface area (Å²) < 4.78 is 5.39. The molecule has 100 valence electrons. The second kappa shape index (κ2) is 3.37. The first-order valence-electron chi connectivity index (χ1n) is 6.23. The number of hydrogen-bond donors (Lipinski definition) is 2. The molecule has 0 amide bonds. The van der Waals surface area contributed by atoms with Gasteiger partial charge in [0.1, 0.15) is 6.10 Å². The minimum absolute atomic E-state index is 0.234. The molecule has 1 aromatic rings. The Hall–Kier alpha value is -2.40. The molecule has 1 fully saturated rings. The van der Waals surface area contributed by atoms with Crippen molar-refractivity contribution in [3.8, 4) is 0 Å². The lowest BCUT2D eigenvalue weighted by molar-refractivity contribution is -0.141. The number of carboxylic acid groups (broad SMARTS) is 2. The van der Waals surface area contributed by atoms with E-state index in [0.29, 0.717) is 6.42 Å². The van der Waals surface area contributed by atoms with Crippen molar-refractivity contribution in [2.75, 3.05) is 0 Å². The number of ether oxygens (including phenoxy) is 1. The van der Waals surface area contributed by atoms with Crippen molar-refractivity contribution in [3.63, 3.8) is 0 Å². The van der Waals surface area contributed by atoms with Gasteiger partial charge in [-0.3, -0.25) is 0 Å². The van der Waals surface area contributed by atoms with Crippen molar-refractivity contribution in [3.05, 3.63) is 52.6 Å². The van der Waals surface area contributed by atoms with E-state index in [1.54, 1.807) is 30.4 Å². The minimum atomic E-state index is -1.20. The third-order valence-electron chi connectivity index (χ3n) is 4.17. The first-order chi connectivity index (χ1) is 9.53. The predicted octanol–water partition coefficient (Wildman–Crippen LogP) is 1.49. The van der Waals surface area contributed by atoms with E-state index in [4.69, 9.17) is 9.84 Å². The van der Waals surface area contributed by atoms with Crippen LogP contribution in [-0.2, 0) is 16.0 Å². The van der Waals surface area contributed by atoms with Gasteiger partial charge in [-0.05, 0) is 46.9 Å². The highest BCUT2D eigenvalue weighted by Crippen LogP contribution is 2.52. The minimum Gasteiger partial charge on any atom is -0.479 e. The number of hydrogen-bond acceptors (Lipinski definition) is 3. The van der Waals surface area contributed by atoms with Crippen molar-refractivity contribution in [2.45, 2.75) is 18.1 Å². The van der Waals surface area contributed by atoms with Crippen molar-refractivity contribution in [2.24, 2.45) is 0 Å². The van der Waals surface area contributed by atoms with Crippen LogP contribution in [0.4, 0.5) is 0 Å². The van der Waals surface area contributed by atoms with Crippen LogP contribution in [0.5, 0.6) is 0 Å². The topological polar surface area (TPSA) is 87.1 Å². The number of aromatic carboxylic acids is 1. The lowest BCUT2D eigenvalue weighted by Gasteiger charge is -2.09. The summed E-state index contributed by atoms with van der Waals surface area (Å²) in [5, 5.41) is 18.3. The molecular formula is C15H10O5. The molecule has 5 heteroatoms. The second-order valence-corrected chi connectivity index (χ2v) is 5.22. The molecule has 1 heterocycles. The summed E-state index contributed by atoms with van der Waals surface area (Å²) >= 11 is 0.